The molecule has 0 aliphatic heterocycles. The Labute approximate surface area is 135 Å². The van der Waals surface area contributed by atoms with Gasteiger partial charge in [0.2, 0.25) is 0 Å². The summed E-state index contributed by atoms with van der Waals surface area (Å²) in [5, 5.41) is 9.44. The molecule has 0 radical (unpaired) electrons. The summed E-state index contributed by atoms with van der Waals surface area (Å²) < 4.78 is 10.2. The minimum atomic E-state index is 0.323. The number of phenols is 1. The van der Waals surface area contributed by atoms with Crippen LogP contribution in [-0.2, 0) is 9.47 Å². The van der Waals surface area contributed by atoms with Gasteiger partial charge in [-0.05, 0) is 62.8 Å². The van der Waals surface area contributed by atoms with Gasteiger partial charge in [0, 0.05) is 46.2 Å². The standard InChI is InChI=1S/C18H31NO3/c1-21-15-7-3-5-13-19(14-6-4-8-16-22-2)17-9-11-18(20)12-10-17/h9-12,20H,3-8,13-16H2,1-2H3. The maximum atomic E-state index is 9.44. The molecule has 0 amide bonds. The van der Waals surface area contributed by atoms with Crippen LogP contribution in [0.4, 0.5) is 5.69 Å². The summed E-state index contributed by atoms with van der Waals surface area (Å²) in [6.07, 6.45) is 6.95. The van der Waals surface area contributed by atoms with Crippen LogP contribution in [0.2, 0.25) is 0 Å². The molecule has 0 atom stereocenters. The SMILES string of the molecule is COCCCCCN(CCCCCOC)c1ccc(O)cc1. The number of rotatable bonds is 13. The quantitative estimate of drug-likeness (QED) is 0.562. The van der Waals surface area contributed by atoms with Crippen LogP contribution in [0.1, 0.15) is 38.5 Å². The second-order valence-electron chi connectivity index (χ2n) is 5.61. The van der Waals surface area contributed by atoms with Crippen LogP contribution in [0, 0.1) is 0 Å². The normalized spacial score (nSPS) is 10.8. The van der Waals surface area contributed by atoms with Crippen molar-refractivity contribution in [2.24, 2.45) is 0 Å². The number of methoxy groups -OCH3 is 2. The van der Waals surface area contributed by atoms with Crippen LogP contribution in [0.15, 0.2) is 24.3 Å². The molecule has 1 N–H and O–H groups in total. The molecular weight excluding hydrogens is 278 g/mol. The van der Waals surface area contributed by atoms with Crippen molar-refractivity contribution in [2.45, 2.75) is 38.5 Å². The van der Waals surface area contributed by atoms with Gasteiger partial charge in [0.1, 0.15) is 5.75 Å². The van der Waals surface area contributed by atoms with E-state index in [1.165, 1.54) is 31.4 Å². The Morgan fingerprint density at radius 3 is 1.73 bits per heavy atom. The molecule has 0 saturated carbocycles. The van der Waals surface area contributed by atoms with E-state index in [-0.39, 0.29) is 0 Å². The van der Waals surface area contributed by atoms with Crippen molar-refractivity contribution in [2.75, 3.05) is 45.4 Å². The predicted octanol–water partition coefficient (Wildman–Crippen LogP) is 3.83. The second kappa shape index (κ2) is 12.3. The van der Waals surface area contributed by atoms with Gasteiger partial charge in [0.15, 0.2) is 0 Å². The lowest BCUT2D eigenvalue weighted by molar-refractivity contribution is 0.192. The van der Waals surface area contributed by atoms with Gasteiger partial charge in [-0.1, -0.05) is 0 Å². The average molecular weight is 309 g/mol. The number of hydrogen-bond acceptors (Lipinski definition) is 4. The maximum Gasteiger partial charge on any atom is 0.115 e. The Hall–Kier alpha value is -1.26. The fourth-order valence-electron chi connectivity index (χ4n) is 2.49. The summed E-state index contributed by atoms with van der Waals surface area (Å²) in [5.41, 5.74) is 1.19. The molecule has 1 aromatic rings. The molecule has 4 nitrogen and oxygen atoms in total. The number of hydrogen-bond donors (Lipinski definition) is 1. The van der Waals surface area contributed by atoms with Gasteiger partial charge in [-0.2, -0.15) is 0 Å². The lowest BCUT2D eigenvalue weighted by Crippen LogP contribution is -2.25. The fourth-order valence-corrected chi connectivity index (χ4v) is 2.49. The first-order chi connectivity index (χ1) is 10.8. The summed E-state index contributed by atoms with van der Waals surface area (Å²) in [6, 6.07) is 7.52. The average Bonchev–Trinajstić information content (AvgIpc) is 2.53. The Morgan fingerprint density at radius 1 is 0.773 bits per heavy atom. The van der Waals surface area contributed by atoms with Gasteiger partial charge in [-0.3, -0.25) is 0 Å². The van der Waals surface area contributed by atoms with Crippen molar-refractivity contribution >= 4 is 5.69 Å². The predicted molar refractivity (Wildman–Crippen MR) is 91.8 cm³/mol. The molecule has 0 aliphatic rings. The molecule has 4 heteroatoms. The third kappa shape index (κ3) is 8.25. The lowest BCUT2D eigenvalue weighted by atomic mass is 10.2. The van der Waals surface area contributed by atoms with Gasteiger partial charge in [-0.25, -0.2) is 0 Å². The molecule has 22 heavy (non-hydrogen) atoms. The number of aromatic hydroxyl groups is 1. The monoisotopic (exact) mass is 309 g/mol. The number of ether oxygens (including phenoxy) is 2. The van der Waals surface area contributed by atoms with Crippen molar-refractivity contribution in [3.05, 3.63) is 24.3 Å². The highest BCUT2D eigenvalue weighted by atomic mass is 16.5. The number of nitrogens with zero attached hydrogens (tertiary/aromatic N) is 1. The Kier molecular flexibility index (Phi) is 10.5. The molecule has 1 rings (SSSR count). The van der Waals surface area contributed by atoms with E-state index in [4.69, 9.17) is 9.47 Å². The topological polar surface area (TPSA) is 41.9 Å². The number of anilines is 1. The zero-order valence-corrected chi connectivity index (χ0v) is 14.1. The molecular formula is C18H31NO3. The summed E-state index contributed by atoms with van der Waals surface area (Å²) in [5.74, 6) is 0.323. The van der Waals surface area contributed by atoms with E-state index in [0.717, 1.165) is 39.1 Å². The number of benzene rings is 1. The highest BCUT2D eigenvalue weighted by Crippen LogP contribution is 2.20. The molecule has 0 spiro atoms. The van der Waals surface area contributed by atoms with Crippen LogP contribution in [0.25, 0.3) is 0 Å². The minimum Gasteiger partial charge on any atom is -0.508 e. The summed E-state index contributed by atoms with van der Waals surface area (Å²) in [4.78, 5) is 2.42. The molecule has 0 bridgehead atoms. The van der Waals surface area contributed by atoms with Crippen molar-refractivity contribution in [1.29, 1.82) is 0 Å². The van der Waals surface area contributed by atoms with Gasteiger partial charge >= 0.3 is 0 Å². The van der Waals surface area contributed by atoms with Crippen molar-refractivity contribution in [3.8, 4) is 5.75 Å². The van der Waals surface area contributed by atoms with Crippen molar-refractivity contribution < 1.29 is 14.6 Å². The van der Waals surface area contributed by atoms with Gasteiger partial charge in [0.25, 0.3) is 0 Å². The molecule has 0 heterocycles. The van der Waals surface area contributed by atoms with E-state index in [1.807, 2.05) is 12.1 Å². The van der Waals surface area contributed by atoms with Crippen LogP contribution in [0.5, 0.6) is 5.75 Å². The van der Waals surface area contributed by atoms with E-state index in [1.54, 1.807) is 26.4 Å². The van der Waals surface area contributed by atoms with Crippen molar-refractivity contribution in [3.63, 3.8) is 0 Å². The highest BCUT2D eigenvalue weighted by Gasteiger charge is 2.06. The summed E-state index contributed by atoms with van der Waals surface area (Å²) >= 11 is 0. The third-order valence-corrected chi connectivity index (χ3v) is 3.77. The molecule has 0 unspecified atom stereocenters. The second-order valence-corrected chi connectivity index (χ2v) is 5.61. The summed E-state index contributed by atoms with van der Waals surface area (Å²) in [6.45, 7) is 3.80. The van der Waals surface area contributed by atoms with Crippen LogP contribution < -0.4 is 4.90 Å². The minimum absolute atomic E-state index is 0.323. The molecule has 0 saturated heterocycles. The Morgan fingerprint density at radius 2 is 1.27 bits per heavy atom. The van der Waals surface area contributed by atoms with E-state index in [2.05, 4.69) is 4.90 Å². The first-order valence-electron chi connectivity index (χ1n) is 8.29. The van der Waals surface area contributed by atoms with E-state index >= 15 is 0 Å². The van der Waals surface area contributed by atoms with E-state index < -0.39 is 0 Å². The van der Waals surface area contributed by atoms with Crippen molar-refractivity contribution in [1.82, 2.24) is 0 Å². The third-order valence-electron chi connectivity index (χ3n) is 3.77. The maximum absolute atomic E-state index is 9.44. The summed E-state index contributed by atoms with van der Waals surface area (Å²) in [7, 11) is 3.51. The van der Waals surface area contributed by atoms with E-state index in [9.17, 15) is 5.11 Å². The lowest BCUT2D eigenvalue weighted by Gasteiger charge is -2.25. The Bertz CT molecular complexity index is 353. The highest BCUT2D eigenvalue weighted by molar-refractivity contribution is 5.48. The van der Waals surface area contributed by atoms with Gasteiger partial charge in [0.05, 0.1) is 0 Å². The van der Waals surface area contributed by atoms with Gasteiger partial charge < -0.3 is 19.5 Å². The van der Waals surface area contributed by atoms with E-state index in [0.29, 0.717) is 5.75 Å². The largest absolute Gasteiger partial charge is 0.508 e. The van der Waals surface area contributed by atoms with Crippen LogP contribution in [0.3, 0.4) is 0 Å². The first kappa shape index (κ1) is 18.8. The van der Waals surface area contributed by atoms with Gasteiger partial charge in [-0.15, -0.1) is 0 Å². The zero-order valence-electron chi connectivity index (χ0n) is 14.1. The fraction of sp³-hybridized carbons (Fsp3) is 0.667. The molecule has 126 valence electrons. The smallest absolute Gasteiger partial charge is 0.115 e. The Balaban J connectivity index is 2.40. The zero-order chi connectivity index (χ0) is 16.0. The molecule has 1 aromatic carbocycles. The number of phenolic OH excluding ortho intramolecular Hbond substituents is 1. The molecule has 0 aromatic heterocycles. The van der Waals surface area contributed by atoms with Crippen LogP contribution in [-0.4, -0.2) is 45.6 Å². The molecule has 0 fully saturated rings. The van der Waals surface area contributed by atoms with Crippen LogP contribution >= 0.6 is 0 Å². The first-order valence-corrected chi connectivity index (χ1v) is 8.29. The molecule has 0 aliphatic carbocycles. The number of unbranched alkanes of at least 4 members (excludes halogenated alkanes) is 4.